The van der Waals surface area contributed by atoms with Gasteiger partial charge in [-0.15, -0.1) is 11.8 Å². The molecule has 0 saturated heterocycles. The zero-order chi connectivity index (χ0) is 5.11. The lowest BCUT2D eigenvalue weighted by atomic mass is 10.0. The molecule has 0 amide bonds. The highest BCUT2D eigenvalue weighted by atomic mass is 79.9. The summed E-state index contributed by atoms with van der Waals surface area (Å²) in [4.78, 5) is 0. The Morgan fingerprint density at radius 3 is 2.43 bits per heavy atom. The van der Waals surface area contributed by atoms with Gasteiger partial charge in [-0.25, -0.2) is 0 Å². The van der Waals surface area contributed by atoms with Crippen molar-refractivity contribution in [2.24, 2.45) is 0 Å². The molecule has 0 aliphatic heterocycles. The summed E-state index contributed by atoms with van der Waals surface area (Å²) in [6, 6.07) is 0. The molecule has 1 rings (SSSR count). The third-order valence-electron chi connectivity index (χ3n) is 1.35. The van der Waals surface area contributed by atoms with E-state index in [1.165, 1.54) is 19.3 Å². The Morgan fingerprint density at radius 1 is 1.57 bits per heavy atom. The number of thioether (sulfide) groups is 1. The van der Waals surface area contributed by atoms with E-state index in [2.05, 4.69) is 15.9 Å². The van der Waals surface area contributed by atoms with Crippen LogP contribution in [-0.4, -0.2) is 9.91 Å². The minimum atomic E-state index is 0.999. The van der Waals surface area contributed by atoms with Crippen LogP contribution in [0.1, 0.15) is 19.3 Å². The standard InChI is InChI=1S/C5H9BrS/c6-4-7-5-2-1-3-5/h5H,1-4H2. The van der Waals surface area contributed by atoms with Crippen LogP contribution in [0.3, 0.4) is 0 Å². The predicted octanol–water partition coefficient (Wildman–Crippen LogP) is 2.62. The molecule has 0 nitrogen and oxygen atoms in total. The van der Waals surface area contributed by atoms with Crippen LogP contribution in [0.25, 0.3) is 0 Å². The van der Waals surface area contributed by atoms with E-state index in [4.69, 9.17) is 0 Å². The summed E-state index contributed by atoms with van der Waals surface area (Å²) in [7, 11) is 0. The fraction of sp³-hybridized carbons (Fsp3) is 1.00. The molecule has 42 valence electrons. The molecule has 0 atom stereocenters. The van der Waals surface area contributed by atoms with Gasteiger partial charge in [0.25, 0.3) is 0 Å². The number of hydrogen-bond acceptors (Lipinski definition) is 1. The minimum absolute atomic E-state index is 0.999. The molecule has 1 fully saturated rings. The Bertz CT molecular complexity index is 52.0. The van der Waals surface area contributed by atoms with Crippen LogP contribution in [0.2, 0.25) is 0 Å². The van der Waals surface area contributed by atoms with E-state index >= 15 is 0 Å². The normalized spacial score (nSPS) is 21.9. The van der Waals surface area contributed by atoms with Gasteiger partial charge in [0.2, 0.25) is 0 Å². The summed E-state index contributed by atoms with van der Waals surface area (Å²) in [6.45, 7) is 0. The molecule has 1 saturated carbocycles. The van der Waals surface area contributed by atoms with Crippen LogP contribution in [0.5, 0.6) is 0 Å². The zero-order valence-corrected chi connectivity index (χ0v) is 6.59. The molecular weight excluding hydrogens is 172 g/mol. The van der Waals surface area contributed by atoms with Crippen LogP contribution in [-0.2, 0) is 0 Å². The maximum Gasteiger partial charge on any atom is 0.0493 e. The van der Waals surface area contributed by atoms with Crippen LogP contribution in [0.4, 0.5) is 0 Å². The van der Waals surface area contributed by atoms with Crippen molar-refractivity contribution in [1.82, 2.24) is 0 Å². The monoisotopic (exact) mass is 180 g/mol. The first-order valence-corrected chi connectivity index (χ1v) is 4.78. The first-order valence-electron chi connectivity index (χ1n) is 2.61. The van der Waals surface area contributed by atoms with E-state index in [1.54, 1.807) is 0 Å². The van der Waals surface area contributed by atoms with E-state index < -0.39 is 0 Å². The van der Waals surface area contributed by atoms with E-state index in [1.807, 2.05) is 11.8 Å². The predicted molar refractivity (Wildman–Crippen MR) is 39.0 cm³/mol. The summed E-state index contributed by atoms with van der Waals surface area (Å²) in [5, 5.41) is 0.999. The van der Waals surface area contributed by atoms with Gasteiger partial charge in [-0.3, -0.25) is 0 Å². The Balaban J connectivity index is 1.93. The summed E-state index contributed by atoms with van der Waals surface area (Å²) < 4.78 is 1.12. The lowest BCUT2D eigenvalue weighted by Gasteiger charge is -2.23. The van der Waals surface area contributed by atoms with E-state index in [0.29, 0.717) is 0 Å². The molecule has 0 radical (unpaired) electrons. The SMILES string of the molecule is BrCSC1CCC1. The Kier molecular flexibility index (Phi) is 2.53. The highest BCUT2D eigenvalue weighted by molar-refractivity contribution is 9.11. The minimum Gasteiger partial charge on any atom is -0.147 e. The second kappa shape index (κ2) is 2.98. The van der Waals surface area contributed by atoms with Crippen molar-refractivity contribution >= 4 is 27.7 Å². The van der Waals surface area contributed by atoms with Crippen molar-refractivity contribution in [2.45, 2.75) is 24.5 Å². The Hall–Kier alpha value is 0.830. The average molecular weight is 181 g/mol. The number of alkyl halides is 1. The second-order valence-electron chi connectivity index (χ2n) is 1.83. The molecule has 0 aromatic rings. The van der Waals surface area contributed by atoms with Crippen molar-refractivity contribution in [3.05, 3.63) is 0 Å². The molecule has 7 heavy (non-hydrogen) atoms. The Labute approximate surface area is 57.2 Å². The van der Waals surface area contributed by atoms with Gasteiger partial charge in [-0.1, -0.05) is 22.4 Å². The lowest BCUT2D eigenvalue weighted by molar-refractivity contribution is 0.523. The molecule has 0 aromatic heterocycles. The van der Waals surface area contributed by atoms with Crippen LogP contribution >= 0.6 is 27.7 Å². The largest absolute Gasteiger partial charge is 0.147 e. The second-order valence-corrected chi connectivity index (χ2v) is 4.42. The highest BCUT2D eigenvalue weighted by Crippen LogP contribution is 2.31. The van der Waals surface area contributed by atoms with Gasteiger partial charge >= 0.3 is 0 Å². The van der Waals surface area contributed by atoms with Gasteiger partial charge in [0.05, 0.1) is 0 Å². The first kappa shape index (κ1) is 5.96. The van der Waals surface area contributed by atoms with Crippen LogP contribution in [0, 0.1) is 0 Å². The summed E-state index contributed by atoms with van der Waals surface area (Å²) in [5.41, 5.74) is 0. The first-order chi connectivity index (χ1) is 3.43. The lowest BCUT2D eigenvalue weighted by Crippen LogP contribution is -2.12. The van der Waals surface area contributed by atoms with Crippen molar-refractivity contribution in [3.8, 4) is 0 Å². The zero-order valence-electron chi connectivity index (χ0n) is 4.19. The smallest absolute Gasteiger partial charge is 0.0493 e. The maximum absolute atomic E-state index is 3.39. The van der Waals surface area contributed by atoms with Gasteiger partial charge in [0, 0.05) is 9.91 Å². The van der Waals surface area contributed by atoms with Gasteiger partial charge in [0.15, 0.2) is 0 Å². The molecule has 1 aliphatic rings. The fourth-order valence-corrected chi connectivity index (χ4v) is 2.59. The number of rotatable bonds is 2. The van der Waals surface area contributed by atoms with E-state index in [0.717, 1.165) is 9.91 Å². The highest BCUT2D eigenvalue weighted by Gasteiger charge is 2.15. The fourth-order valence-electron chi connectivity index (χ4n) is 0.627. The molecule has 0 N–H and O–H groups in total. The molecule has 0 heterocycles. The maximum atomic E-state index is 3.39. The summed E-state index contributed by atoms with van der Waals surface area (Å²) in [6.07, 6.45) is 4.37. The number of halogens is 1. The Morgan fingerprint density at radius 2 is 2.29 bits per heavy atom. The molecule has 0 aromatic carbocycles. The van der Waals surface area contributed by atoms with E-state index in [-0.39, 0.29) is 0 Å². The molecule has 2 heteroatoms. The van der Waals surface area contributed by atoms with Crippen molar-refractivity contribution in [2.75, 3.05) is 4.66 Å². The molecule has 1 aliphatic carbocycles. The van der Waals surface area contributed by atoms with Crippen molar-refractivity contribution < 1.29 is 0 Å². The molecule has 0 unspecified atom stereocenters. The van der Waals surface area contributed by atoms with Gasteiger partial charge in [-0.2, -0.15) is 0 Å². The molecular formula is C5H9BrS. The van der Waals surface area contributed by atoms with Gasteiger partial charge < -0.3 is 0 Å². The van der Waals surface area contributed by atoms with Crippen molar-refractivity contribution in [3.63, 3.8) is 0 Å². The third-order valence-corrected chi connectivity index (χ3v) is 3.21. The summed E-state index contributed by atoms with van der Waals surface area (Å²) in [5.74, 6) is 0. The quantitative estimate of drug-likeness (QED) is 0.590. The third kappa shape index (κ3) is 1.65. The topological polar surface area (TPSA) is 0 Å². The van der Waals surface area contributed by atoms with Gasteiger partial charge in [-0.05, 0) is 12.8 Å². The van der Waals surface area contributed by atoms with Crippen LogP contribution < -0.4 is 0 Å². The molecule has 0 spiro atoms. The summed E-state index contributed by atoms with van der Waals surface area (Å²) >= 11 is 5.42. The molecule has 0 bridgehead atoms. The average Bonchev–Trinajstić information content (AvgIpc) is 1.55. The van der Waals surface area contributed by atoms with Gasteiger partial charge in [0.1, 0.15) is 0 Å². The van der Waals surface area contributed by atoms with Crippen LogP contribution in [0.15, 0.2) is 0 Å². The van der Waals surface area contributed by atoms with E-state index in [9.17, 15) is 0 Å². The van der Waals surface area contributed by atoms with Crippen molar-refractivity contribution in [1.29, 1.82) is 0 Å². The number of hydrogen-bond donors (Lipinski definition) is 0.